The van der Waals surface area contributed by atoms with Crippen molar-refractivity contribution in [2.24, 2.45) is 0 Å². The first-order valence-electron chi connectivity index (χ1n) is 10.7. The average molecular weight is 446 g/mol. The molecule has 0 aromatic heterocycles. The van der Waals surface area contributed by atoms with Crippen molar-refractivity contribution in [3.63, 3.8) is 0 Å². The fraction of sp³-hybridized carbons (Fsp3) is 0.222. The fourth-order valence-corrected chi connectivity index (χ4v) is 3.00. The van der Waals surface area contributed by atoms with Gasteiger partial charge < -0.3 is 14.8 Å². The second-order valence-electron chi connectivity index (χ2n) is 7.97. The lowest BCUT2D eigenvalue weighted by Gasteiger charge is -2.19. The maximum Gasteiger partial charge on any atom is 0.338 e. The van der Waals surface area contributed by atoms with Crippen LogP contribution in [0.15, 0.2) is 72.8 Å². The van der Waals surface area contributed by atoms with Crippen LogP contribution in [-0.4, -0.2) is 37.1 Å². The molecule has 0 aliphatic rings. The molecule has 0 fully saturated rings. The molecule has 3 rings (SSSR count). The predicted molar refractivity (Wildman–Crippen MR) is 125 cm³/mol. The van der Waals surface area contributed by atoms with Crippen molar-refractivity contribution < 1.29 is 23.9 Å². The molecule has 3 aromatic carbocycles. The summed E-state index contributed by atoms with van der Waals surface area (Å²) >= 11 is 0. The van der Waals surface area contributed by atoms with Gasteiger partial charge in [-0.3, -0.25) is 4.79 Å². The van der Waals surface area contributed by atoms with Crippen LogP contribution in [-0.2, 0) is 9.47 Å². The van der Waals surface area contributed by atoms with E-state index in [1.807, 2.05) is 57.2 Å². The molecule has 1 amide bonds. The molecule has 3 aromatic rings. The largest absolute Gasteiger partial charge is 0.460 e. The van der Waals surface area contributed by atoms with E-state index in [-0.39, 0.29) is 19.1 Å². The normalized spacial score (nSPS) is 10.5. The summed E-state index contributed by atoms with van der Waals surface area (Å²) in [6.45, 7) is 5.48. The van der Waals surface area contributed by atoms with Gasteiger partial charge in [0.2, 0.25) is 0 Å². The Labute approximate surface area is 193 Å². The second kappa shape index (κ2) is 11.1. The minimum Gasteiger partial charge on any atom is -0.460 e. The number of ether oxygens (including phenoxy) is 2. The third-order valence-corrected chi connectivity index (χ3v) is 5.05. The molecule has 0 unspecified atom stereocenters. The lowest BCUT2D eigenvalue weighted by atomic mass is 10.1. The molecule has 6 heteroatoms. The molecule has 170 valence electrons. The molecular weight excluding hydrogens is 418 g/mol. The zero-order chi connectivity index (χ0) is 23.8. The lowest BCUT2D eigenvalue weighted by Crippen LogP contribution is -2.42. The number of hydrogen-bond acceptors (Lipinski definition) is 5. The zero-order valence-corrected chi connectivity index (χ0v) is 19.0. The molecule has 0 radical (unpaired) electrons. The Morgan fingerprint density at radius 3 is 1.30 bits per heavy atom. The van der Waals surface area contributed by atoms with E-state index in [1.54, 1.807) is 36.4 Å². The van der Waals surface area contributed by atoms with Crippen LogP contribution in [0.1, 0.15) is 47.8 Å². The number of esters is 2. The Morgan fingerprint density at radius 2 is 0.939 bits per heavy atom. The molecule has 1 N–H and O–H groups in total. The molecule has 6 nitrogen and oxygen atoms in total. The van der Waals surface area contributed by atoms with Gasteiger partial charge in [-0.25, -0.2) is 9.59 Å². The van der Waals surface area contributed by atoms with Crippen LogP contribution < -0.4 is 5.32 Å². The van der Waals surface area contributed by atoms with E-state index in [0.29, 0.717) is 16.7 Å². The molecule has 0 spiro atoms. The van der Waals surface area contributed by atoms with Crippen LogP contribution in [0.5, 0.6) is 0 Å². The summed E-state index contributed by atoms with van der Waals surface area (Å²) in [6, 6.07) is 20.3. The molecule has 0 bridgehead atoms. The summed E-state index contributed by atoms with van der Waals surface area (Å²) in [5.41, 5.74) is 4.35. The van der Waals surface area contributed by atoms with E-state index in [0.717, 1.165) is 16.7 Å². The lowest BCUT2D eigenvalue weighted by molar-refractivity contribution is 0.0309. The number of amides is 1. The van der Waals surface area contributed by atoms with Crippen molar-refractivity contribution in [3.05, 3.63) is 106 Å². The SMILES string of the molecule is Cc1ccc(C(=O)NC(COC(=O)c2ccc(C)cc2)COC(=O)c2ccc(C)cc2)cc1. The summed E-state index contributed by atoms with van der Waals surface area (Å²) in [6.07, 6.45) is 0. The van der Waals surface area contributed by atoms with Crippen LogP contribution in [0.2, 0.25) is 0 Å². The smallest absolute Gasteiger partial charge is 0.338 e. The van der Waals surface area contributed by atoms with E-state index < -0.39 is 18.0 Å². The van der Waals surface area contributed by atoms with Gasteiger partial charge in [0.05, 0.1) is 17.2 Å². The Bertz CT molecular complexity index is 1040. The van der Waals surface area contributed by atoms with Crippen molar-refractivity contribution in [2.45, 2.75) is 26.8 Å². The minimum absolute atomic E-state index is 0.147. The average Bonchev–Trinajstić information content (AvgIpc) is 2.81. The third-order valence-electron chi connectivity index (χ3n) is 5.05. The quantitative estimate of drug-likeness (QED) is 0.519. The van der Waals surface area contributed by atoms with Gasteiger partial charge in [-0.1, -0.05) is 53.1 Å². The standard InChI is InChI=1S/C27H27NO5/c1-18-4-10-21(11-5-18)25(29)28-24(16-32-26(30)22-12-6-19(2)7-13-22)17-33-27(31)23-14-8-20(3)9-15-23/h4-15,24H,16-17H2,1-3H3,(H,28,29). The predicted octanol–water partition coefficient (Wildman–Crippen LogP) is 4.42. The molecule has 33 heavy (non-hydrogen) atoms. The van der Waals surface area contributed by atoms with Crippen LogP contribution >= 0.6 is 0 Å². The molecule has 0 heterocycles. The molecule has 0 atom stereocenters. The number of carbonyl (C=O) groups is 3. The summed E-state index contributed by atoms with van der Waals surface area (Å²) in [5, 5.41) is 2.79. The second-order valence-corrected chi connectivity index (χ2v) is 7.97. The highest BCUT2D eigenvalue weighted by Gasteiger charge is 2.19. The highest BCUT2D eigenvalue weighted by Crippen LogP contribution is 2.09. The Morgan fingerprint density at radius 1 is 0.606 bits per heavy atom. The Balaban J connectivity index is 1.66. The first kappa shape index (κ1) is 23.7. The number of rotatable bonds is 8. The summed E-state index contributed by atoms with van der Waals surface area (Å²) in [5.74, 6) is -1.39. The number of nitrogens with one attached hydrogen (secondary N) is 1. The number of hydrogen-bond donors (Lipinski definition) is 1. The van der Waals surface area contributed by atoms with Crippen LogP contribution in [0, 0.1) is 20.8 Å². The Kier molecular flexibility index (Phi) is 7.97. The van der Waals surface area contributed by atoms with E-state index in [2.05, 4.69) is 5.32 Å². The maximum absolute atomic E-state index is 12.7. The van der Waals surface area contributed by atoms with Gasteiger partial charge >= 0.3 is 11.9 Å². The van der Waals surface area contributed by atoms with Gasteiger partial charge in [0, 0.05) is 5.56 Å². The summed E-state index contributed by atoms with van der Waals surface area (Å²) in [4.78, 5) is 37.5. The van der Waals surface area contributed by atoms with E-state index in [9.17, 15) is 14.4 Å². The van der Waals surface area contributed by atoms with Gasteiger partial charge in [-0.2, -0.15) is 0 Å². The molecule has 0 saturated heterocycles. The van der Waals surface area contributed by atoms with E-state index in [4.69, 9.17) is 9.47 Å². The number of carbonyl (C=O) groups excluding carboxylic acids is 3. The van der Waals surface area contributed by atoms with Crippen LogP contribution in [0.3, 0.4) is 0 Å². The minimum atomic E-state index is -0.720. The summed E-state index contributed by atoms with van der Waals surface area (Å²) in [7, 11) is 0. The van der Waals surface area contributed by atoms with Gasteiger partial charge in [0.25, 0.3) is 5.91 Å². The van der Waals surface area contributed by atoms with Crippen molar-refractivity contribution in [1.82, 2.24) is 5.32 Å². The van der Waals surface area contributed by atoms with Crippen LogP contribution in [0.25, 0.3) is 0 Å². The number of benzene rings is 3. The summed E-state index contributed by atoms with van der Waals surface area (Å²) < 4.78 is 10.8. The fourth-order valence-electron chi connectivity index (χ4n) is 3.00. The van der Waals surface area contributed by atoms with Gasteiger partial charge in [0.1, 0.15) is 13.2 Å². The van der Waals surface area contributed by atoms with Crippen molar-refractivity contribution in [3.8, 4) is 0 Å². The molecular formula is C27H27NO5. The van der Waals surface area contributed by atoms with Gasteiger partial charge in [0.15, 0.2) is 0 Å². The Hall–Kier alpha value is -3.93. The van der Waals surface area contributed by atoms with Gasteiger partial charge in [-0.15, -0.1) is 0 Å². The highest BCUT2D eigenvalue weighted by atomic mass is 16.5. The first-order chi connectivity index (χ1) is 15.8. The molecule has 0 saturated carbocycles. The maximum atomic E-state index is 12.7. The van der Waals surface area contributed by atoms with E-state index >= 15 is 0 Å². The third kappa shape index (κ3) is 7.04. The number of aryl methyl sites for hydroxylation is 3. The highest BCUT2D eigenvalue weighted by molar-refractivity contribution is 5.94. The zero-order valence-electron chi connectivity index (χ0n) is 19.0. The monoisotopic (exact) mass is 445 g/mol. The van der Waals surface area contributed by atoms with Crippen molar-refractivity contribution in [2.75, 3.05) is 13.2 Å². The van der Waals surface area contributed by atoms with Crippen molar-refractivity contribution in [1.29, 1.82) is 0 Å². The first-order valence-corrected chi connectivity index (χ1v) is 10.7. The molecule has 0 aliphatic carbocycles. The van der Waals surface area contributed by atoms with Crippen LogP contribution in [0.4, 0.5) is 0 Å². The molecule has 0 aliphatic heterocycles. The van der Waals surface area contributed by atoms with Crippen molar-refractivity contribution >= 4 is 17.8 Å². The van der Waals surface area contributed by atoms with E-state index in [1.165, 1.54) is 0 Å². The van der Waals surface area contributed by atoms with Gasteiger partial charge in [-0.05, 0) is 57.2 Å². The topological polar surface area (TPSA) is 81.7 Å².